The van der Waals surface area contributed by atoms with Gasteiger partial charge in [-0.25, -0.2) is 9.97 Å². The van der Waals surface area contributed by atoms with E-state index in [1.165, 1.54) is 60.0 Å². The van der Waals surface area contributed by atoms with Crippen LogP contribution in [0.3, 0.4) is 0 Å². The molecule has 0 saturated heterocycles. The minimum atomic E-state index is 0.646. The van der Waals surface area contributed by atoms with E-state index in [1.54, 1.807) is 0 Å². The molecule has 0 N–H and O–H groups in total. The quantitative estimate of drug-likeness (QED) is 0.169. The standard InChI is InChI=1S/C54H32N4/c1-3-15-33(16-4-1)35-20-11-21-37(31-35)48-38-22-8-7-19-36(38)32-43-51(34-17-5-2-6-18-34)55-54(56-52(43)48)58-45-28-13-24-40-42-26-12-25-41-39-23-9-10-27-44(39)57(53(41)42)46-29-14-30-47(58)50(46)49(40)45/h1-32H. The molecule has 0 radical (unpaired) electrons. The first-order valence-electron chi connectivity index (χ1n) is 19.8. The fourth-order valence-corrected chi connectivity index (χ4v) is 9.81. The van der Waals surface area contributed by atoms with Crippen LogP contribution >= 0.6 is 0 Å². The van der Waals surface area contributed by atoms with Crippen LogP contribution < -0.4 is 0 Å². The van der Waals surface area contributed by atoms with Gasteiger partial charge >= 0.3 is 0 Å². The third kappa shape index (κ3) is 4.29. The van der Waals surface area contributed by atoms with Gasteiger partial charge in [0.25, 0.3) is 0 Å². The largest absolute Gasteiger partial charge is 0.308 e. The van der Waals surface area contributed by atoms with Crippen molar-refractivity contribution in [1.29, 1.82) is 0 Å². The molecule has 0 aliphatic carbocycles. The summed E-state index contributed by atoms with van der Waals surface area (Å²) in [5, 5.41) is 10.7. The van der Waals surface area contributed by atoms with Crippen LogP contribution in [0.25, 0.3) is 121 Å². The maximum atomic E-state index is 5.70. The molecule has 0 amide bonds. The second-order valence-electron chi connectivity index (χ2n) is 15.3. The van der Waals surface area contributed by atoms with Crippen molar-refractivity contribution in [3.63, 3.8) is 0 Å². The fraction of sp³-hybridized carbons (Fsp3) is 0. The molecule has 268 valence electrons. The molecule has 0 saturated carbocycles. The molecule has 4 heterocycles. The Morgan fingerprint density at radius 1 is 0.345 bits per heavy atom. The second-order valence-corrected chi connectivity index (χ2v) is 15.3. The van der Waals surface area contributed by atoms with Gasteiger partial charge in [0, 0.05) is 43.4 Å². The van der Waals surface area contributed by atoms with Crippen LogP contribution in [0.4, 0.5) is 0 Å². The van der Waals surface area contributed by atoms with Gasteiger partial charge in [0.15, 0.2) is 0 Å². The summed E-state index contributed by atoms with van der Waals surface area (Å²) in [6, 6.07) is 70.0. The SMILES string of the molecule is c1ccc(-c2cccc(-c3c4ccccc4cc4c(-c5ccccc5)nc(-n5c6cccc7c8cccc9c%10ccccc%10n(c%10cccc5c%10c76)c89)nc34)c2)cc1. The topological polar surface area (TPSA) is 35.1 Å². The van der Waals surface area contributed by atoms with E-state index in [1.807, 2.05) is 0 Å². The van der Waals surface area contributed by atoms with Crippen LogP contribution in [-0.2, 0) is 0 Å². The molecule has 0 fully saturated rings. The third-order valence-electron chi connectivity index (χ3n) is 12.2. The molecule has 0 atom stereocenters. The van der Waals surface area contributed by atoms with E-state index in [-0.39, 0.29) is 0 Å². The van der Waals surface area contributed by atoms with E-state index < -0.39 is 0 Å². The molecule has 58 heavy (non-hydrogen) atoms. The number of benzene rings is 9. The summed E-state index contributed by atoms with van der Waals surface area (Å²) in [6.45, 7) is 0. The molecular weight excluding hydrogens is 705 g/mol. The first-order chi connectivity index (χ1) is 28.8. The van der Waals surface area contributed by atoms with Crippen molar-refractivity contribution < 1.29 is 0 Å². The lowest BCUT2D eigenvalue weighted by Crippen LogP contribution is -2.04. The highest BCUT2D eigenvalue weighted by Gasteiger charge is 2.25. The van der Waals surface area contributed by atoms with Crippen LogP contribution in [0.2, 0.25) is 0 Å². The molecule has 0 bridgehead atoms. The molecule has 13 rings (SSSR count). The normalized spacial score (nSPS) is 12.1. The lowest BCUT2D eigenvalue weighted by Gasteiger charge is -2.17. The van der Waals surface area contributed by atoms with E-state index in [4.69, 9.17) is 9.97 Å². The van der Waals surface area contributed by atoms with E-state index >= 15 is 0 Å². The zero-order chi connectivity index (χ0) is 37.9. The highest BCUT2D eigenvalue weighted by atomic mass is 15.2. The summed E-state index contributed by atoms with van der Waals surface area (Å²) >= 11 is 0. The number of fused-ring (bicyclic) bond motifs is 7. The molecule has 0 unspecified atom stereocenters. The number of rotatable bonds is 4. The van der Waals surface area contributed by atoms with Gasteiger partial charge in [-0.2, -0.15) is 0 Å². The molecule has 0 aliphatic heterocycles. The van der Waals surface area contributed by atoms with E-state index in [0.29, 0.717) is 5.95 Å². The summed E-state index contributed by atoms with van der Waals surface area (Å²) < 4.78 is 4.78. The van der Waals surface area contributed by atoms with Crippen molar-refractivity contribution in [1.82, 2.24) is 18.9 Å². The molecule has 0 spiro atoms. The monoisotopic (exact) mass is 736 g/mol. The van der Waals surface area contributed by atoms with Gasteiger partial charge in [-0.15, -0.1) is 0 Å². The Morgan fingerprint density at radius 2 is 0.914 bits per heavy atom. The van der Waals surface area contributed by atoms with Crippen molar-refractivity contribution >= 4 is 81.6 Å². The minimum absolute atomic E-state index is 0.646. The van der Waals surface area contributed by atoms with Crippen molar-refractivity contribution in [2.45, 2.75) is 0 Å². The Hall–Kier alpha value is -7.82. The molecule has 0 aliphatic rings. The maximum absolute atomic E-state index is 5.70. The number of aromatic nitrogens is 4. The first-order valence-corrected chi connectivity index (χ1v) is 19.8. The fourth-order valence-electron chi connectivity index (χ4n) is 9.81. The van der Waals surface area contributed by atoms with Gasteiger partial charge in [0.1, 0.15) is 0 Å². The zero-order valence-electron chi connectivity index (χ0n) is 31.3. The second kappa shape index (κ2) is 11.8. The molecule has 9 aromatic carbocycles. The smallest absolute Gasteiger partial charge is 0.235 e. The zero-order valence-corrected chi connectivity index (χ0v) is 31.3. The summed E-state index contributed by atoms with van der Waals surface area (Å²) in [7, 11) is 0. The average molecular weight is 737 g/mol. The van der Waals surface area contributed by atoms with Gasteiger partial charge in [0.2, 0.25) is 5.95 Å². The van der Waals surface area contributed by atoms with Gasteiger partial charge < -0.3 is 4.40 Å². The predicted molar refractivity (Wildman–Crippen MR) is 242 cm³/mol. The van der Waals surface area contributed by atoms with Crippen LogP contribution in [0.15, 0.2) is 194 Å². The van der Waals surface area contributed by atoms with Crippen molar-refractivity contribution in [3.8, 4) is 39.5 Å². The third-order valence-corrected chi connectivity index (χ3v) is 12.2. The summed E-state index contributed by atoms with van der Waals surface area (Å²) in [4.78, 5) is 11.3. The number of para-hydroxylation sites is 2. The molecule has 13 aromatic rings. The predicted octanol–water partition coefficient (Wildman–Crippen LogP) is 14.0. The minimum Gasteiger partial charge on any atom is -0.308 e. The van der Waals surface area contributed by atoms with Gasteiger partial charge in [-0.1, -0.05) is 158 Å². The van der Waals surface area contributed by atoms with Crippen molar-refractivity contribution in [2.75, 3.05) is 0 Å². The summed E-state index contributed by atoms with van der Waals surface area (Å²) in [5.41, 5.74) is 13.2. The van der Waals surface area contributed by atoms with Gasteiger partial charge in [-0.3, -0.25) is 4.57 Å². The Labute approximate surface area is 332 Å². The van der Waals surface area contributed by atoms with Crippen molar-refractivity contribution in [3.05, 3.63) is 194 Å². The Bertz CT molecular complexity index is 3780. The Balaban J connectivity index is 1.21. The van der Waals surface area contributed by atoms with E-state index in [0.717, 1.165) is 55.1 Å². The Kier molecular flexibility index (Phi) is 6.41. The number of nitrogens with zero attached hydrogens (tertiary/aromatic N) is 4. The first kappa shape index (κ1) is 31.4. The lowest BCUT2D eigenvalue weighted by atomic mass is 9.91. The number of hydrogen-bond acceptors (Lipinski definition) is 2. The van der Waals surface area contributed by atoms with Gasteiger partial charge in [-0.05, 0) is 69.2 Å². The summed E-state index contributed by atoms with van der Waals surface area (Å²) in [5.74, 6) is 0.646. The maximum Gasteiger partial charge on any atom is 0.235 e. The van der Waals surface area contributed by atoms with Crippen molar-refractivity contribution in [2.24, 2.45) is 0 Å². The average Bonchev–Trinajstić information content (AvgIpc) is 3.77. The highest BCUT2D eigenvalue weighted by Crippen LogP contribution is 2.45. The van der Waals surface area contributed by atoms with Crippen LogP contribution in [0.5, 0.6) is 0 Å². The Morgan fingerprint density at radius 3 is 1.76 bits per heavy atom. The molecule has 4 nitrogen and oxygen atoms in total. The molecule has 4 aromatic heterocycles. The number of hydrogen-bond donors (Lipinski definition) is 0. The van der Waals surface area contributed by atoms with E-state index in [2.05, 4.69) is 203 Å². The van der Waals surface area contributed by atoms with Crippen LogP contribution in [-0.4, -0.2) is 18.9 Å². The molecular formula is C54H32N4. The van der Waals surface area contributed by atoms with Crippen LogP contribution in [0.1, 0.15) is 0 Å². The van der Waals surface area contributed by atoms with E-state index in [9.17, 15) is 0 Å². The summed E-state index contributed by atoms with van der Waals surface area (Å²) in [6.07, 6.45) is 0. The van der Waals surface area contributed by atoms with Crippen LogP contribution in [0, 0.1) is 0 Å². The lowest BCUT2D eigenvalue weighted by molar-refractivity contribution is 1.01. The van der Waals surface area contributed by atoms with Gasteiger partial charge in [0.05, 0.1) is 38.8 Å². The molecule has 4 heteroatoms. The highest BCUT2D eigenvalue weighted by molar-refractivity contribution is 6.31.